The molecule has 0 radical (unpaired) electrons. The predicted octanol–water partition coefficient (Wildman–Crippen LogP) is 5.56. The maximum Gasteiger partial charge on any atom is 0.407 e. The van der Waals surface area contributed by atoms with Gasteiger partial charge in [-0.15, -0.1) is 0 Å². The zero-order valence-electron chi connectivity index (χ0n) is 31.3. The lowest BCUT2D eigenvalue weighted by Gasteiger charge is -2.33. The van der Waals surface area contributed by atoms with Gasteiger partial charge < -0.3 is 35.4 Å². The molecule has 3 amide bonds. The summed E-state index contributed by atoms with van der Waals surface area (Å²) in [6.45, 7) is 19.4. The number of nitrogens with zero attached hydrogens (tertiary/aromatic N) is 1. The molecule has 1 saturated heterocycles. The molecule has 10 heteroatoms. The van der Waals surface area contributed by atoms with Crippen molar-refractivity contribution < 1.29 is 29.0 Å². The SMILES string of the molecule is CCCCNC(=O)[C@@H](C[C@H](O)C(C[C@H](CNC(=O)c1ccccc1CCN1CCC(OC)CC1)C(C)C)NC(=O)OC(C)(C)C)C(C)C. The highest BCUT2D eigenvalue weighted by molar-refractivity contribution is 5.95. The van der Waals surface area contributed by atoms with Gasteiger partial charge in [-0.2, -0.15) is 0 Å². The van der Waals surface area contributed by atoms with Crippen LogP contribution in [0.1, 0.15) is 110 Å². The molecule has 4 N–H and O–H groups in total. The number of aliphatic hydroxyl groups excluding tert-OH is 1. The van der Waals surface area contributed by atoms with Gasteiger partial charge in [0.15, 0.2) is 0 Å². The Morgan fingerprint density at radius 1 is 1.00 bits per heavy atom. The molecular formula is C38H66N4O6. The summed E-state index contributed by atoms with van der Waals surface area (Å²) in [5.41, 5.74) is 0.976. The van der Waals surface area contributed by atoms with Crippen LogP contribution in [0.2, 0.25) is 0 Å². The number of carbonyl (C=O) groups is 3. The minimum atomic E-state index is -0.992. The molecule has 0 aromatic heterocycles. The van der Waals surface area contributed by atoms with Crippen molar-refractivity contribution in [1.29, 1.82) is 0 Å². The van der Waals surface area contributed by atoms with E-state index in [0.717, 1.165) is 57.3 Å². The minimum absolute atomic E-state index is 0.000826. The molecule has 1 aromatic rings. The Hall–Kier alpha value is -2.69. The standard InChI is InChI=1S/C38H66N4O6/c1-10-11-19-39-36(45)32(27(4)5)24-34(43)33(41-37(46)48-38(6,7)8)23-29(26(2)3)25-40-35(44)31-15-13-12-14-28(31)16-20-42-21-17-30(47-9)18-22-42/h12-15,26-27,29-30,32-34,43H,10-11,16-25H2,1-9H3,(H,39,45)(H,40,44)(H,41,46)/t29-,32+,33?,34+/m1/s1. The van der Waals surface area contributed by atoms with Crippen LogP contribution in [0.5, 0.6) is 0 Å². The minimum Gasteiger partial charge on any atom is -0.444 e. The number of hydrogen-bond donors (Lipinski definition) is 4. The number of amides is 3. The van der Waals surface area contributed by atoms with E-state index in [-0.39, 0.29) is 36.0 Å². The van der Waals surface area contributed by atoms with Crippen LogP contribution in [0.4, 0.5) is 4.79 Å². The third-order valence-corrected chi connectivity index (χ3v) is 9.48. The fraction of sp³-hybridized carbons (Fsp3) is 0.763. The van der Waals surface area contributed by atoms with E-state index in [1.165, 1.54) is 0 Å². The Morgan fingerprint density at radius 3 is 2.25 bits per heavy atom. The smallest absolute Gasteiger partial charge is 0.407 e. The Bertz CT molecular complexity index is 1110. The molecule has 1 aliphatic heterocycles. The Kier molecular flexibility index (Phi) is 17.9. The van der Waals surface area contributed by atoms with Gasteiger partial charge in [-0.05, 0) is 88.7 Å². The molecular weight excluding hydrogens is 608 g/mol. The molecule has 10 nitrogen and oxygen atoms in total. The number of aliphatic hydroxyl groups is 1. The van der Waals surface area contributed by atoms with Crippen LogP contribution in [-0.2, 0) is 20.7 Å². The summed E-state index contributed by atoms with van der Waals surface area (Å²) < 4.78 is 11.1. The number of methoxy groups -OCH3 is 1. The van der Waals surface area contributed by atoms with Crippen molar-refractivity contribution in [3.05, 3.63) is 35.4 Å². The van der Waals surface area contributed by atoms with Crippen LogP contribution < -0.4 is 16.0 Å². The van der Waals surface area contributed by atoms with Gasteiger partial charge in [0.1, 0.15) is 5.60 Å². The first-order valence-corrected chi connectivity index (χ1v) is 18.2. The molecule has 4 atom stereocenters. The van der Waals surface area contributed by atoms with Crippen LogP contribution in [0, 0.1) is 23.7 Å². The topological polar surface area (TPSA) is 129 Å². The number of ether oxygens (including phenoxy) is 2. The molecule has 0 spiro atoms. The zero-order chi connectivity index (χ0) is 35.9. The summed E-state index contributed by atoms with van der Waals surface area (Å²) in [5.74, 6) is -0.548. The lowest BCUT2D eigenvalue weighted by Crippen LogP contribution is -2.49. The maximum atomic E-state index is 13.6. The van der Waals surface area contributed by atoms with E-state index in [2.05, 4.69) is 41.6 Å². The number of benzene rings is 1. The molecule has 2 rings (SSSR count). The van der Waals surface area contributed by atoms with E-state index in [4.69, 9.17) is 9.47 Å². The van der Waals surface area contributed by atoms with E-state index in [0.29, 0.717) is 31.2 Å². The van der Waals surface area contributed by atoms with Gasteiger partial charge in [-0.25, -0.2) is 4.79 Å². The molecule has 0 saturated carbocycles. The summed E-state index contributed by atoms with van der Waals surface area (Å²) in [5, 5.41) is 20.6. The Morgan fingerprint density at radius 2 is 1.67 bits per heavy atom. The van der Waals surface area contributed by atoms with Crippen LogP contribution in [0.25, 0.3) is 0 Å². The maximum absolute atomic E-state index is 13.6. The molecule has 1 aromatic carbocycles. The second kappa shape index (κ2) is 20.7. The fourth-order valence-electron chi connectivity index (χ4n) is 6.24. The number of piperidine rings is 1. The van der Waals surface area contributed by atoms with Gasteiger partial charge in [0.25, 0.3) is 5.91 Å². The van der Waals surface area contributed by atoms with Crippen molar-refractivity contribution in [2.45, 2.75) is 124 Å². The largest absolute Gasteiger partial charge is 0.444 e. The number of alkyl carbamates (subject to hydrolysis) is 1. The highest BCUT2D eigenvalue weighted by atomic mass is 16.6. The number of likely N-dealkylation sites (tertiary alicyclic amines) is 1. The van der Waals surface area contributed by atoms with E-state index in [1.54, 1.807) is 27.9 Å². The molecule has 1 heterocycles. The van der Waals surface area contributed by atoms with Gasteiger partial charge in [-0.3, -0.25) is 9.59 Å². The van der Waals surface area contributed by atoms with E-state index < -0.39 is 29.8 Å². The van der Waals surface area contributed by atoms with Crippen molar-refractivity contribution in [3.8, 4) is 0 Å². The molecule has 0 bridgehead atoms. The quantitative estimate of drug-likeness (QED) is 0.141. The van der Waals surface area contributed by atoms with E-state index in [9.17, 15) is 19.5 Å². The van der Waals surface area contributed by atoms with Gasteiger partial charge in [0, 0.05) is 51.3 Å². The van der Waals surface area contributed by atoms with Crippen LogP contribution >= 0.6 is 0 Å². The lowest BCUT2D eigenvalue weighted by atomic mass is 9.82. The van der Waals surface area contributed by atoms with Crippen molar-refractivity contribution in [3.63, 3.8) is 0 Å². The van der Waals surface area contributed by atoms with Gasteiger partial charge in [0.05, 0.1) is 18.2 Å². The second-order valence-electron chi connectivity index (χ2n) is 15.2. The number of unbranched alkanes of at least 4 members (excludes halogenated alkanes) is 1. The first-order chi connectivity index (χ1) is 22.6. The highest BCUT2D eigenvalue weighted by Gasteiger charge is 2.33. The van der Waals surface area contributed by atoms with Crippen LogP contribution in [0.15, 0.2) is 24.3 Å². The van der Waals surface area contributed by atoms with Gasteiger partial charge in [-0.1, -0.05) is 59.2 Å². The number of carbonyl (C=O) groups excluding carboxylic acids is 3. The molecule has 1 aliphatic rings. The fourth-order valence-corrected chi connectivity index (χ4v) is 6.24. The van der Waals surface area contributed by atoms with Gasteiger partial charge in [0.2, 0.25) is 5.91 Å². The summed E-state index contributed by atoms with van der Waals surface area (Å²) in [4.78, 5) is 42.0. The number of nitrogens with one attached hydrogen (secondary N) is 3. The lowest BCUT2D eigenvalue weighted by molar-refractivity contribution is -0.127. The summed E-state index contributed by atoms with van der Waals surface area (Å²) in [6, 6.07) is 7.09. The molecule has 0 aliphatic carbocycles. The van der Waals surface area contributed by atoms with E-state index in [1.807, 2.05) is 38.1 Å². The zero-order valence-corrected chi connectivity index (χ0v) is 31.3. The van der Waals surface area contributed by atoms with Crippen molar-refractivity contribution in [2.24, 2.45) is 23.7 Å². The second-order valence-corrected chi connectivity index (χ2v) is 15.2. The van der Waals surface area contributed by atoms with Gasteiger partial charge >= 0.3 is 6.09 Å². The van der Waals surface area contributed by atoms with E-state index >= 15 is 0 Å². The normalized spacial score (nSPS) is 17.1. The summed E-state index contributed by atoms with van der Waals surface area (Å²) in [7, 11) is 1.78. The van der Waals surface area contributed by atoms with Crippen molar-refractivity contribution in [2.75, 3.05) is 39.8 Å². The molecule has 1 fully saturated rings. The first kappa shape index (κ1) is 41.5. The van der Waals surface area contributed by atoms with Crippen molar-refractivity contribution in [1.82, 2.24) is 20.9 Å². The third-order valence-electron chi connectivity index (χ3n) is 9.48. The molecule has 1 unspecified atom stereocenters. The number of hydrogen-bond acceptors (Lipinski definition) is 7. The van der Waals surface area contributed by atoms with Crippen LogP contribution in [-0.4, -0.2) is 91.6 Å². The van der Waals surface area contributed by atoms with Crippen LogP contribution in [0.3, 0.4) is 0 Å². The summed E-state index contributed by atoms with van der Waals surface area (Å²) in [6.07, 6.45) is 4.03. The summed E-state index contributed by atoms with van der Waals surface area (Å²) >= 11 is 0. The monoisotopic (exact) mass is 674 g/mol. The number of rotatable bonds is 19. The molecule has 274 valence electrons. The molecule has 48 heavy (non-hydrogen) atoms. The average molecular weight is 675 g/mol. The average Bonchev–Trinajstić information content (AvgIpc) is 3.02. The van der Waals surface area contributed by atoms with Crippen molar-refractivity contribution >= 4 is 17.9 Å². The predicted molar refractivity (Wildman–Crippen MR) is 192 cm³/mol. The first-order valence-electron chi connectivity index (χ1n) is 18.2. The Labute approximate surface area is 290 Å². The Balaban J connectivity index is 2.14. The highest BCUT2D eigenvalue weighted by Crippen LogP contribution is 2.25. The third kappa shape index (κ3) is 14.8.